The second kappa shape index (κ2) is 7.91. The molecule has 2 rings (SSSR count). The summed E-state index contributed by atoms with van der Waals surface area (Å²) < 4.78 is 0. The number of pyridine rings is 1. The van der Waals surface area contributed by atoms with E-state index in [-0.39, 0.29) is 0 Å². The van der Waals surface area contributed by atoms with Gasteiger partial charge in [0.05, 0.1) is 5.69 Å². The van der Waals surface area contributed by atoms with Crippen molar-refractivity contribution in [3.63, 3.8) is 0 Å². The second-order valence-corrected chi connectivity index (χ2v) is 3.71. The van der Waals surface area contributed by atoms with Crippen LogP contribution < -0.4 is 11.5 Å². The Morgan fingerprint density at radius 2 is 2.10 bits per heavy atom. The molecule has 0 fully saturated rings. The minimum atomic E-state index is 0.473. The van der Waals surface area contributed by atoms with Crippen molar-refractivity contribution >= 4 is 18.0 Å². The molecular formula is C15H21N5. The fraction of sp³-hybridized carbons (Fsp3) is 0.200. The monoisotopic (exact) mass is 271 g/mol. The molecule has 0 aliphatic rings. The zero-order valence-corrected chi connectivity index (χ0v) is 11.9. The van der Waals surface area contributed by atoms with Crippen LogP contribution >= 0.6 is 0 Å². The van der Waals surface area contributed by atoms with Gasteiger partial charge in [-0.15, -0.1) is 0 Å². The number of anilines is 1. The largest absolute Gasteiger partial charge is 0.384 e. The molecule has 20 heavy (non-hydrogen) atoms. The van der Waals surface area contributed by atoms with Crippen molar-refractivity contribution < 1.29 is 0 Å². The Kier molecular flexibility index (Phi) is 6.19. The van der Waals surface area contributed by atoms with Crippen LogP contribution in [0.25, 0.3) is 23.4 Å². The average molecular weight is 271 g/mol. The molecule has 5 heteroatoms. The minimum Gasteiger partial charge on any atom is -0.384 e. The van der Waals surface area contributed by atoms with Crippen LogP contribution in [0.1, 0.15) is 25.1 Å². The molecular weight excluding hydrogens is 250 g/mol. The van der Waals surface area contributed by atoms with Crippen molar-refractivity contribution in [3.8, 4) is 11.3 Å². The fourth-order valence-electron chi connectivity index (χ4n) is 1.64. The van der Waals surface area contributed by atoms with Crippen LogP contribution in [0.4, 0.5) is 5.82 Å². The summed E-state index contributed by atoms with van der Waals surface area (Å²) in [6.45, 7) is 8.22. The topological polar surface area (TPSA) is 93.6 Å². The highest BCUT2D eigenvalue weighted by Gasteiger charge is 2.10. The second-order valence-electron chi connectivity index (χ2n) is 3.71. The molecule has 0 bridgehead atoms. The van der Waals surface area contributed by atoms with Gasteiger partial charge >= 0.3 is 0 Å². The molecule has 0 spiro atoms. The Morgan fingerprint density at radius 3 is 2.65 bits per heavy atom. The van der Waals surface area contributed by atoms with Crippen LogP contribution in [0.5, 0.6) is 0 Å². The number of hydrogen-bond acceptors (Lipinski definition) is 4. The highest BCUT2D eigenvalue weighted by molar-refractivity contribution is 5.77. The third-order valence-electron chi connectivity index (χ3n) is 2.52. The summed E-state index contributed by atoms with van der Waals surface area (Å²) in [5.41, 5.74) is 14.5. The average Bonchev–Trinajstić information content (AvgIpc) is 2.91. The summed E-state index contributed by atoms with van der Waals surface area (Å²) in [5, 5.41) is 7.20. The maximum Gasteiger partial charge on any atom is 0.123 e. The maximum absolute atomic E-state index is 5.57. The van der Waals surface area contributed by atoms with Crippen molar-refractivity contribution in [2.75, 3.05) is 12.3 Å². The van der Waals surface area contributed by atoms with E-state index in [0.717, 1.165) is 22.5 Å². The fourth-order valence-corrected chi connectivity index (χ4v) is 1.64. The van der Waals surface area contributed by atoms with Crippen LogP contribution in [0.2, 0.25) is 0 Å². The summed E-state index contributed by atoms with van der Waals surface area (Å²) in [4.78, 5) is 4.06. The van der Waals surface area contributed by atoms with E-state index in [1.165, 1.54) is 0 Å². The summed E-state index contributed by atoms with van der Waals surface area (Å²) in [6, 6.07) is 3.62. The molecule has 0 unspecified atom stereocenters. The molecule has 2 aromatic rings. The zero-order valence-electron chi connectivity index (χ0n) is 11.9. The Morgan fingerprint density at radius 1 is 1.35 bits per heavy atom. The molecule has 0 saturated heterocycles. The van der Waals surface area contributed by atoms with Crippen molar-refractivity contribution in [3.05, 3.63) is 42.2 Å². The number of nitrogens with one attached hydrogen (secondary N) is 1. The molecule has 0 saturated carbocycles. The SMILES string of the molecule is C=Cc1[nH]nc(-c2ccc(N)nc2)c1/C=C/CN.CC. The smallest absolute Gasteiger partial charge is 0.123 e. The van der Waals surface area contributed by atoms with Gasteiger partial charge in [-0.05, 0) is 18.2 Å². The Bertz CT molecular complexity index is 566. The molecule has 0 aromatic carbocycles. The minimum absolute atomic E-state index is 0.473. The van der Waals surface area contributed by atoms with Crippen LogP contribution in [0.3, 0.4) is 0 Å². The lowest BCUT2D eigenvalue weighted by Crippen LogP contribution is -1.93. The van der Waals surface area contributed by atoms with Crippen LogP contribution in [-0.4, -0.2) is 21.7 Å². The lowest BCUT2D eigenvalue weighted by Gasteiger charge is -2.00. The number of aromatic nitrogens is 3. The highest BCUT2D eigenvalue weighted by Crippen LogP contribution is 2.25. The molecule has 0 amide bonds. The first-order valence-electron chi connectivity index (χ1n) is 6.55. The standard InChI is InChI=1S/C13H15N5.C2H6/c1-2-11-10(4-3-7-14)13(18-17-11)9-5-6-12(15)16-8-9;1-2/h2-6,8H,1,7,14H2,(H2,15,16)(H,17,18);1-2H3/b4-3+;. The Labute approximate surface area is 119 Å². The van der Waals surface area contributed by atoms with Gasteiger partial charge in [0.25, 0.3) is 0 Å². The third kappa shape index (κ3) is 3.55. The van der Waals surface area contributed by atoms with Gasteiger partial charge in [-0.1, -0.05) is 32.6 Å². The summed E-state index contributed by atoms with van der Waals surface area (Å²) in [7, 11) is 0. The van der Waals surface area contributed by atoms with Crippen molar-refractivity contribution in [2.24, 2.45) is 5.73 Å². The number of nitrogen functional groups attached to an aromatic ring is 1. The van der Waals surface area contributed by atoms with Gasteiger partial charge in [0, 0.05) is 23.9 Å². The van der Waals surface area contributed by atoms with Gasteiger partial charge in [0.15, 0.2) is 0 Å². The van der Waals surface area contributed by atoms with Gasteiger partial charge in [-0.3, -0.25) is 5.10 Å². The van der Waals surface area contributed by atoms with Gasteiger partial charge < -0.3 is 11.5 Å². The van der Waals surface area contributed by atoms with Crippen LogP contribution in [-0.2, 0) is 0 Å². The van der Waals surface area contributed by atoms with Crippen LogP contribution in [0, 0.1) is 0 Å². The first-order valence-corrected chi connectivity index (χ1v) is 6.55. The first-order chi connectivity index (χ1) is 9.76. The molecule has 0 aliphatic heterocycles. The molecule has 0 aliphatic carbocycles. The molecule has 5 nitrogen and oxygen atoms in total. The summed E-state index contributed by atoms with van der Waals surface area (Å²) >= 11 is 0. The van der Waals surface area contributed by atoms with Gasteiger partial charge in [-0.2, -0.15) is 5.10 Å². The lowest BCUT2D eigenvalue weighted by molar-refractivity contribution is 1.08. The van der Waals surface area contributed by atoms with Crippen molar-refractivity contribution in [1.29, 1.82) is 0 Å². The first kappa shape index (κ1) is 15.7. The molecule has 106 valence electrons. The highest BCUT2D eigenvalue weighted by atomic mass is 15.1. The van der Waals surface area contributed by atoms with E-state index < -0.39 is 0 Å². The van der Waals surface area contributed by atoms with E-state index in [9.17, 15) is 0 Å². The summed E-state index contributed by atoms with van der Waals surface area (Å²) in [5.74, 6) is 0.484. The van der Waals surface area contributed by atoms with E-state index in [0.29, 0.717) is 12.4 Å². The van der Waals surface area contributed by atoms with E-state index in [2.05, 4.69) is 21.8 Å². The number of rotatable bonds is 4. The molecule has 2 heterocycles. The molecule has 5 N–H and O–H groups in total. The molecule has 0 atom stereocenters. The van der Waals surface area contributed by atoms with Crippen LogP contribution in [0.15, 0.2) is 31.0 Å². The van der Waals surface area contributed by atoms with Gasteiger partial charge in [0.2, 0.25) is 0 Å². The molecule has 0 radical (unpaired) electrons. The Hall–Kier alpha value is -2.40. The lowest BCUT2D eigenvalue weighted by atomic mass is 10.1. The van der Waals surface area contributed by atoms with Gasteiger partial charge in [-0.25, -0.2) is 4.98 Å². The number of nitrogens with two attached hydrogens (primary N) is 2. The third-order valence-corrected chi connectivity index (χ3v) is 2.52. The predicted molar refractivity (Wildman–Crippen MR) is 85.8 cm³/mol. The van der Waals surface area contributed by atoms with E-state index >= 15 is 0 Å². The van der Waals surface area contributed by atoms with E-state index in [1.54, 1.807) is 18.3 Å². The summed E-state index contributed by atoms with van der Waals surface area (Å²) in [6.07, 6.45) is 7.20. The zero-order chi connectivity index (χ0) is 15.0. The number of nitrogens with zero attached hydrogens (tertiary/aromatic N) is 2. The van der Waals surface area contributed by atoms with Crippen molar-refractivity contribution in [1.82, 2.24) is 15.2 Å². The number of hydrogen-bond donors (Lipinski definition) is 3. The van der Waals surface area contributed by atoms with Crippen molar-refractivity contribution in [2.45, 2.75) is 13.8 Å². The quantitative estimate of drug-likeness (QED) is 0.797. The normalized spacial score (nSPS) is 10.2. The van der Waals surface area contributed by atoms with E-state index in [1.807, 2.05) is 32.1 Å². The molecule has 2 aromatic heterocycles. The van der Waals surface area contributed by atoms with E-state index in [4.69, 9.17) is 11.5 Å². The van der Waals surface area contributed by atoms with Gasteiger partial charge in [0.1, 0.15) is 11.5 Å². The Balaban J connectivity index is 0.000000956. The predicted octanol–water partition coefficient (Wildman–Crippen LogP) is 2.70. The number of aromatic amines is 1. The number of H-pyrrole nitrogens is 1. The maximum atomic E-state index is 5.57.